The molecule has 0 atom stereocenters. The lowest BCUT2D eigenvalue weighted by Gasteiger charge is -2.15. The molecule has 0 amide bonds. The number of allylic oxidation sites excluding steroid dienone is 5. The van der Waals surface area contributed by atoms with E-state index in [0.29, 0.717) is 17.5 Å². The number of fused-ring (bicyclic) bond motifs is 3. The highest BCUT2D eigenvalue weighted by atomic mass is 15.0. The van der Waals surface area contributed by atoms with Crippen LogP contribution in [0.2, 0.25) is 0 Å². The van der Waals surface area contributed by atoms with E-state index >= 15 is 0 Å². The largest absolute Gasteiger partial charge is 0.261 e. The van der Waals surface area contributed by atoms with Crippen LogP contribution in [0.5, 0.6) is 0 Å². The smallest absolute Gasteiger partial charge is 0.164 e. The molecule has 0 aliphatic rings. The lowest BCUT2D eigenvalue weighted by molar-refractivity contribution is 1.03. The number of hydrogen-bond acceptors (Lipinski definition) is 4. The second-order valence-corrected chi connectivity index (χ2v) is 12.8. The summed E-state index contributed by atoms with van der Waals surface area (Å²) >= 11 is 0. The summed E-state index contributed by atoms with van der Waals surface area (Å²) in [6.07, 6.45) is 9.44. The average Bonchev–Trinajstić information content (AvgIpc) is 3.21. The van der Waals surface area contributed by atoms with Crippen molar-refractivity contribution >= 4 is 27.1 Å². The molecule has 0 N–H and O–H groups in total. The number of hydrogen-bond donors (Lipinski definition) is 0. The van der Waals surface area contributed by atoms with E-state index in [1.54, 1.807) is 6.08 Å². The molecule has 248 valence electrons. The van der Waals surface area contributed by atoms with Crippen LogP contribution in [0.15, 0.2) is 177 Å². The van der Waals surface area contributed by atoms with Gasteiger partial charge in [-0.2, -0.15) is 0 Å². The predicted octanol–water partition coefficient (Wildman–Crippen LogP) is 12.4. The molecule has 0 fully saturated rings. The van der Waals surface area contributed by atoms with Crippen LogP contribution in [0.3, 0.4) is 0 Å². The maximum atomic E-state index is 5.11. The van der Waals surface area contributed by atoms with Gasteiger partial charge in [0.2, 0.25) is 0 Å². The first-order chi connectivity index (χ1) is 25.6. The van der Waals surface area contributed by atoms with Gasteiger partial charge in [0.15, 0.2) is 17.5 Å². The van der Waals surface area contributed by atoms with Crippen LogP contribution >= 0.6 is 0 Å². The first-order valence-electron chi connectivity index (χ1n) is 17.4. The number of nitrogens with zero attached hydrogens (tertiary/aromatic N) is 4. The van der Waals surface area contributed by atoms with E-state index in [4.69, 9.17) is 15.0 Å². The first kappa shape index (κ1) is 32.4. The summed E-state index contributed by atoms with van der Waals surface area (Å²) in [6.45, 7) is 7.88. The predicted molar refractivity (Wildman–Crippen MR) is 218 cm³/mol. The van der Waals surface area contributed by atoms with Gasteiger partial charge in [0.25, 0.3) is 0 Å². The van der Waals surface area contributed by atoms with Crippen LogP contribution in [0.1, 0.15) is 18.4 Å². The van der Waals surface area contributed by atoms with Crippen molar-refractivity contribution in [2.75, 3.05) is 0 Å². The number of rotatable bonds is 8. The lowest BCUT2D eigenvalue weighted by Crippen LogP contribution is -2.02. The summed E-state index contributed by atoms with van der Waals surface area (Å²) in [5, 5.41) is 4.85. The maximum Gasteiger partial charge on any atom is 0.164 e. The number of pyridine rings is 1. The minimum atomic E-state index is 0.611. The molecule has 0 aliphatic carbocycles. The molecule has 4 nitrogen and oxygen atoms in total. The van der Waals surface area contributed by atoms with E-state index in [1.807, 2.05) is 74.7 Å². The monoisotopic (exact) mass is 668 g/mol. The molecular formula is C48H36N4. The van der Waals surface area contributed by atoms with E-state index < -0.39 is 0 Å². The van der Waals surface area contributed by atoms with Crippen molar-refractivity contribution in [1.82, 2.24) is 19.9 Å². The van der Waals surface area contributed by atoms with Gasteiger partial charge in [0.1, 0.15) is 0 Å². The van der Waals surface area contributed by atoms with Gasteiger partial charge in [0, 0.05) is 28.6 Å². The van der Waals surface area contributed by atoms with Gasteiger partial charge >= 0.3 is 0 Å². The highest BCUT2D eigenvalue weighted by Gasteiger charge is 2.16. The van der Waals surface area contributed by atoms with Crippen molar-refractivity contribution in [3.05, 3.63) is 188 Å². The first-order valence-corrected chi connectivity index (χ1v) is 17.4. The Hall–Kier alpha value is -6.78. The van der Waals surface area contributed by atoms with Crippen LogP contribution in [0, 0.1) is 6.92 Å². The van der Waals surface area contributed by atoms with Crippen molar-refractivity contribution in [3.63, 3.8) is 0 Å². The Labute approximate surface area is 304 Å². The maximum absolute atomic E-state index is 5.11. The quantitative estimate of drug-likeness (QED) is 0.119. The summed E-state index contributed by atoms with van der Waals surface area (Å²) in [4.78, 5) is 19.6. The second-order valence-electron chi connectivity index (χ2n) is 12.8. The standard InChI is InChI=1S/C48H36N4/c1-4-5-7-15-32(2)46-50-47(36-16-8-6-9-17-36)52-48(51-46)40-29-38(34-23-25-35(26-24-34)41-22-14-27-49-33(41)3)28-39(30-40)45-31-37-18-10-11-19-42(37)43-20-12-13-21-44(43)45/h4-31H,1H2,2-3H3/b7-5-,32-15+. The zero-order valence-electron chi connectivity index (χ0n) is 29.2. The van der Waals surface area contributed by atoms with Crippen LogP contribution in [-0.4, -0.2) is 19.9 Å². The van der Waals surface area contributed by atoms with Gasteiger partial charge in [-0.05, 0) is 99.1 Å². The van der Waals surface area contributed by atoms with E-state index in [0.717, 1.165) is 55.8 Å². The Morgan fingerprint density at radius 3 is 1.94 bits per heavy atom. The number of aryl methyl sites for hydroxylation is 1. The molecule has 8 rings (SSSR count). The third kappa shape index (κ3) is 6.46. The molecule has 0 radical (unpaired) electrons. The fourth-order valence-electron chi connectivity index (χ4n) is 6.75. The van der Waals surface area contributed by atoms with E-state index in [9.17, 15) is 0 Å². The van der Waals surface area contributed by atoms with Crippen molar-refractivity contribution in [3.8, 4) is 56.2 Å². The van der Waals surface area contributed by atoms with Crippen molar-refractivity contribution in [2.24, 2.45) is 0 Å². The second kappa shape index (κ2) is 14.2. The molecule has 0 unspecified atom stereocenters. The SMILES string of the molecule is C=C/C=C\C=C(/C)c1nc(-c2ccccc2)nc(-c2cc(-c3ccc(-c4cccnc4C)cc3)cc(-c3cc4ccccc4c4ccccc34)c2)n1. The van der Waals surface area contributed by atoms with E-state index in [1.165, 1.54) is 21.5 Å². The van der Waals surface area contributed by atoms with Gasteiger partial charge in [-0.3, -0.25) is 4.98 Å². The lowest BCUT2D eigenvalue weighted by atomic mass is 9.90. The molecule has 0 saturated heterocycles. The van der Waals surface area contributed by atoms with Crippen LogP contribution in [0.4, 0.5) is 0 Å². The van der Waals surface area contributed by atoms with Gasteiger partial charge in [-0.25, -0.2) is 15.0 Å². The summed E-state index contributed by atoms with van der Waals surface area (Å²) in [7, 11) is 0. The highest BCUT2D eigenvalue weighted by Crippen LogP contribution is 2.39. The van der Waals surface area contributed by atoms with Crippen LogP contribution in [-0.2, 0) is 0 Å². The third-order valence-electron chi connectivity index (χ3n) is 9.42. The molecular weight excluding hydrogens is 633 g/mol. The summed E-state index contributed by atoms with van der Waals surface area (Å²) in [5.41, 5.74) is 10.5. The highest BCUT2D eigenvalue weighted by molar-refractivity contribution is 6.14. The molecule has 0 spiro atoms. The molecule has 4 heteroatoms. The van der Waals surface area contributed by atoms with Gasteiger partial charge < -0.3 is 0 Å². The third-order valence-corrected chi connectivity index (χ3v) is 9.42. The average molecular weight is 669 g/mol. The minimum Gasteiger partial charge on any atom is -0.261 e. The molecule has 0 saturated carbocycles. The molecule has 0 bridgehead atoms. The summed E-state index contributed by atoms with van der Waals surface area (Å²) in [6, 6.07) is 49.2. The van der Waals surface area contributed by atoms with E-state index in [-0.39, 0.29) is 0 Å². The van der Waals surface area contributed by atoms with Crippen LogP contribution < -0.4 is 0 Å². The molecule has 2 aromatic heterocycles. The fraction of sp³-hybridized carbons (Fsp3) is 0.0417. The zero-order chi connectivity index (χ0) is 35.4. The van der Waals surface area contributed by atoms with Crippen molar-refractivity contribution < 1.29 is 0 Å². The minimum absolute atomic E-state index is 0.611. The van der Waals surface area contributed by atoms with Crippen molar-refractivity contribution in [1.29, 1.82) is 0 Å². The number of aromatic nitrogens is 4. The molecule has 52 heavy (non-hydrogen) atoms. The van der Waals surface area contributed by atoms with Gasteiger partial charge in [-0.15, -0.1) is 0 Å². The molecule has 2 heterocycles. The Bertz CT molecular complexity index is 2650. The summed E-state index contributed by atoms with van der Waals surface area (Å²) in [5.74, 6) is 1.86. The molecule has 0 aliphatic heterocycles. The van der Waals surface area contributed by atoms with Crippen molar-refractivity contribution in [2.45, 2.75) is 13.8 Å². The Balaban J connectivity index is 1.36. The topological polar surface area (TPSA) is 51.6 Å². The van der Waals surface area contributed by atoms with Gasteiger partial charge in [0.05, 0.1) is 0 Å². The molecule has 6 aromatic carbocycles. The Kier molecular flexibility index (Phi) is 8.87. The normalized spacial score (nSPS) is 11.8. The zero-order valence-corrected chi connectivity index (χ0v) is 29.2. The van der Waals surface area contributed by atoms with E-state index in [2.05, 4.69) is 115 Å². The Morgan fingerprint density at radius 2 is 1.17 bits per heavy atom. The summed E-state index contributed by atoms with van der Waals surface area (Å²) < 4.78 is 0. The molecule has 8 aromatic rings. The van der Waals surface area contributed by atoms with Gasteiger partial charge in [-0.1, -0.05) is 140 Å². The number of benzene rings is 6. The Morgan fingerprint density at radius 1 is 0.519 bits per heavy atom. The fourth-order valence-corrected chi connectivity index (χ4v) is 6.75. The van der Waals surface area contributed by atoms with Crippen LogP contribution in [0.25, 0.3) is 83.3 Å².